The van der Waals surface area contributed by atoms with Crippen LogP contribution in [-0.2, 0) is 0 Å². The highest BCUT2D eigenvalue weighted by Crippen LogP contribution is 2.33. The zero-order valence-corrected chi connectivity index (χ0v) is 11.3. The second-order valence-corrected chi connectivity index (χ2v) is 6.67. The third-order valence-corrected chi connectivity index (χ3v) is 5.34. The summed E-state index contributed by atoms with van der Waals surface area (Å²) >= 11 is 0. The number of nitrogens with zero attached hydrogens (tertiary/aromatic N) is 1. The van der Waals surface area contributed by atoms with Gasteiger partial charge in [-0.05, 0) is 69.9 Å². The van der Waals surface area contributed by atoms with Crippen LogP contribution in [0.15, 0.2) is 0 Å². The van der Waals surface area contributed by atoms with Gasteiger partial charge in [0.15, 0.2) is 0 Å². The van der Waals surface area contributed by atoms with Crippen molar-refractivity contribution in [2.45, 2.75) is 64.0 Å². The molecule has 98 valence electrons. The van der Waals surface area contributed by atoms with Crippen molar-refractivity contribution in [3.05, 3.63) is 0 Å². The highest BCUT2D eigenvalue weighted by molar-refractivity contribution is 4.90. The molecule has 17 heavy (non-hydrogen) atoms. The fourth-order valence-corrected chi connectivity index (χ4v) is 4.32. The lowest BCUT2D eigenvalue weighted by molar-refractivity contribution is 0.107. The van der Waals surface area contributed by atoms with Gasteiger partial charge in [0.2, 0.25) is 0 Å². The maximum absolute atomic E-state index is 3.72. The van der Waals surface area contributed by atoms with Gasteiger partial charge in [0.1, 0.15) is 0 Å². The molecule has 4 unspecified atom stereocenters. The predicted octanol–water partition coefficient (Wildman–Crippen LogP) is 2.64. The molecule has 0 bridgehead atoms. The molecule has 3 rings (SSSR count). The normalized spacial score (nSPS) is 44.3. The topological polar surface area (TPSA) is 15.3 Å². The molecule has 2 aliphatic heterocycles. The van der Waals surface area contributed by atoms with Crippen molar-refractivity contribution >= 4 is 0 Å². The maximum atomic E-state index is 3.72. The van der Waals surface area contributed by atoms with Gasteiger partial charge in [0.05, 0.1) is 0 Å². The Kier molecular flexibility index (Phi) is 3.72. The average Bonchev–Trinajstić information content (AvgIpc) is 3.00. The molecule has 0 aromatic heterocycles. The Hall–Kier alpha value is -0.0800. The number of piperidine rings is 1. The van der Waals surface area contributed by atoms with Crippen LogP contribution >= 0.6 is 0 Å². The first-order chi connectivity index (χ1) is 8.33. The molecular formula is C15H28N2. The molecule has 0 aromatic rings. The number of rotatable bonds is 2. The van der Waals surface area contributed by atoms with Crippen LogP contribution in [0, 0.1) is 11.8 Å². The Labute approximate surface area is 106 Å². The van der Waals surface area contributed by atoms with Gasteiger partial charge in [-0.1, -0.05) is 6.92 Å². The molecule has 1 saturated carbocycles. The van der Waals surface area contributed by atoms with Crippen LogP contribution in [0.4, 0.5) is 0 Å². The first-order valence-electron chi connectivity index (χ1n) is 7.80. The molecule has 0 spiro atoms. The minimum Gasteiger partial charge on any atom is -0.314 e. The zero-order valence-electron chi connectivity index (χ0n) is 11.3. The highest BCUT2D eigenvalue weighted by Gasteiger charge is 2.33. The van der Waals surface area contributed by atoms with Gasteiger partial charge in [-0.3, -0.25) is 0 Å². The predicted molar refractivity (Wildman–Crippen MR) is 72.1 cm³/mol. The summed E-state index contributed by atoms with van der Waals surface area (Å²) in [7, 11) is 0. The van der Waals surface area contributed by atoms with Crippen molar-refractivity contribution in [1.82, 2.24) is 10.2 Å². The number of hydrogen-bond acceptors (Lipinski definition) is 2. The van der Waals surface area contributed by atoms with Gasteiger partial charge in [0.25, 0.3) is 0 Å². The van der Waals surface area contributed by atoms with E-state index in [0.717, 1.165) is 23.9 Å². The molecule has 3 aliphatic rings. The van der Waals surface area contributed by atoms with Gasteiger partial charge in [-0.15, -0.1) is 0 Å². The summed E-state index contributed by atoms with van der Waals surface area (Å²) in [6.45, 7) is 6.46. The van der Waals surface area contributed by atoms with Crippen molar-refractivity contribution in [2.24, 2.45) is 11.8 Å². The maximum Gasteiger partial charge on any atom is 0.0108 e. The van der Waals surface area contributed by atoms with Crippen LogP contribution in [0.3, 0.4) is 0 Å². The van der Waals surface area contributed by atoms with E-state index >= 15 is 0 Å². The van der Waals surface area contributed by atoms with E-state index < -0.39 is 0 Å². The second kappa shape index (κ2) is 5.27. The van der Waals surface area contributed by atoms with Crippen LogP contribution < -0.4 is 5.32 Å². The molecule has 0 amide bonds. The van der Waals surface area contributed by atoms with E-state index in [0.29, 0.717) is 0 Å². The quantitative estimate of drug-likeness (QED) is 0.793. The van der Waals surface area contributed by atoms with E-state index in [1.54, 1.807) is 0 Å². The van der Waals surface area contributed by atoms with E-state index in [2.05, 4.69) is 17.1 Å². The van der Waals surface area contributed by atoms with E-state index in [1.165, 1.54) is 64.6 Å². The van der Waals surface area contributed by atoms with Crippen molar-refractivity contribution in [2.75, 3.05) is 19.6 Å². The van der Waals surface area contributed by atoms with Gasteiger partial charge < -0.3 is 10.2 Å². The van der Waals surface area contributed by atoms with Crippen LogP contribution in [0.1, 0.15) is 51.9 Å². The first-order valence-corrected chi connectivity index (χ1v) is 7.80. The monoisotopic (exact) mass is 236 g/mol. The van der Waals surface area contributed by atoms with Crippen LogP contribution in [0.5, 0.6) is 0 Å². The molecule has 2 heterocycles. The van der Waals surface area contributed by atoms with Crippen molar-refractivity contribution in [3.8, 4) is 0 Å². The first kappa shape index (κ1) is 12.0. The third-order valence-electron chi connectivity index (χ3n) is 5.34. The average molecular weight is 236 g/mol. The molecular weight excluding hydrogens is 208 g/mol. The molecule has 3 fully saturated rings. The zero-order chi connectivity index (χ0) is 11.7. The van der Waals surface area contributed by atoms with E-state index in [1.807, 2.05) is 0 Å². The Morgan fingerprint density at radius 3 is 2.71 bits per heavy atom. The SMILES string of the molecule is CC1CCC(N2CCCC(C3CCCN3)C2)C1. The van der Waals surface area contributed by atoms with Gasteiger partial charge in [-0.25, -0.2) is 0 Å². The molecule has 4 atom stereocenters. The Balaban J connectivity index is 1.55. The lowest BCUT2D eigenvalue weighted by atomic mass is 9.89. The summed E-state index contributed by atoms with van der Waals surface area (Å²) in [5.74, 6) is 1.92. The van der Waals surface area contributed by atoms with Crippen LogP contribution in [0.2, 0.25) is 0 Å². The number of nitrogens with one attached hydrogen (secondary N) is 1. The van der Waals surface area contributed by atoms with E-state index in [-0.39, 0.29) is 0 Å². The van der Waals surface area contributed by atoms with Gasteiger partial charge >= 0.3 is 0 Å². The molecule has 2 heteroatoms. The molecule has 2 nitrogen and oxygen atoms in total. The van der Waals surface area contributed by atoms with Crippen LogP contribution in [-0.4, -0.2) is 36.6 Å². The molecule has 1 aliphatic carbocycles. The van der Waals surface area contributed by atoms with Crippen molar-refractivity contribution in [1.29, 1.82) is 0 Å². The summed E-state index contributed by atoms with van der Waals surface area (Å²) in [6, 6.07) is 1.77. The van der Waals surface area contributed by atoms with Crippen molar-refractivity contribution < 1.29 is 0 Å². The van der Waals surface area contributed by atoms with E-state index in [9.17, 15) is 0 Å². The molecule has 0 radical (unpaired) electrons. The summed E-state index contributed by atoms with van der Waals surface area (Å²) in [6.07, 6.45) is 10.1. The largest absolute Gasteiger partial charge is 0.314 e. The fourth-order valence-electron chi connectivity index (χ4n) is 4.32. The Morgan fingerprint density at radius 2 is 2.00 bits per heavy atom. The summed E-state index contributed by atoms with van der Waals surface area (Å²) in [5.41, 5.74) is 0. The summed E-state index contributed by atoms with van der Waals surface area (Å²) < 4.78 is 0. The molecule has 2 saturated heterocycles. The Morgan fingerprint density at radius 1 is 1.06 bits per heavy atom. The minimum atomic E-state index is 0.844. The third kappa shape index (κ3) is 2.68. The van der Waals surface area contributed by atoms with Gasteiger partial charge in [0, 0.05) is 18.6 Å². The number of likely N-dealkylation sites (tertiary alicyclic amines) is 1. The molecule has 0 aromatic carbocycles. The van der Waals surface area contributed by atoms with Gasteiger partial charge in [-0.2, -0.15) is 0 Å². The van der Waals surface area contributed by atoms with E-state index in [4.69, 9.17) is 0 Å². The summed E-state index contributed by atoms with van der Waals surface area (Å²) in [5, 5.41) is 3.72. The second-order valence-electron chi connectivity index (χ2n) is 6.67. The lowest BCUT2D eigenvalue weighted by Crippen LogP contribution is -2.46. The lowest BCUT2D eigenvalue weighted by Gasteiger charge is -2.39. The fraction of sp³-hybridized carbons (Fsp3) is 1.00. The van der Waals surface area contributed by atoms with Crippen LogP contribution in [0.25, 0.3) is 0 Å². The Bertz CT molecular complexity index is 247. The minimum absolute atomic E-state index is 0.844. The smallest absolute Gasteiger partial charge is 0.0108 e. The molecule has 1 N–H and O–H groups in total. The summed E-state index contributed by atoms with van der Waals surface area (Å²) in [4.78, 5) is 2.83. The number of hydrogen-bond donors (Lipinski definition) is 1. The standard InChI is InChI=1S/C15H28N2/c1-12-6-7-14(10-12)17-9-3-4-13(11-17)15-5-2-8-16-15/h12-16H,2-11H2,1H3. The van der Waals surface area contributed by atoms with Crippen molar-refractivity contribution in [3.63, 3.8) is 0 Å². The highest BCUT2D eigenvalue weighted by atomic mass is 15.2.